The normalized spacial score (nSPS) is 10.2. The van der Waals surface area contributed by atoms with Gasteiger partial charge in [0.2, 0.25) is 0 Å². The maximum absolute atomic E-state index is 12.9. The van der Waals surface area contributed by atoms with Crippen molar-refractivity contribution in [2.75, 3.05) is 5.32 Å². The summed E-state index contributed by atoms with van der Waals surface area (Å²) in [6.07, 6.45) is 2.93. The largest absolute Gasteiger partial charge is 0.320 e. The summed E-state index contributed by atoms with van der Waals surface area (Å²) in [6, 6.07) is 4.17. The molecule has 1 N–H and O–H groups in total. The van der Waals surface area contributed by atoms with Crippen molar-refractivity contribution in [1.29, 1.82) is 0 Å². The van der Waals surface area contributed by atoms with E-state index in [0.29, 0.717) is 11.3 Å². The van der Waals surface area contributed by atoms with Gasteiger partial charge in [-0.3, -0.25) is 9.78 Å². The highest BCUT2D eigenvalue weighted by Crippen LogP contribution is 2.16. The van der Waals surface area contributed by atoms with Crippen LogP contribution in [0.4, 0.5) is 10.1 Å². The Balaban J connectivity index is 2.18. The van der Waals surface area contributed by atoms with Crippen LogP contribution in [0, 0.1) is 19.7 Å². The molecule has 1 amide bonds. The van der Waals surface area contributed by atoms with E-state index in [-0.39, 0.29) is 17.4 Å². The summed E-state index contributed by atoms with van der Waals surface area (Å²) in [5.74, 6) is -0.696. The van der Waals surface area contributed by atoms with E-state index < -0.39 is 0 Å². The Labute approximate surface area is 104 Å². The van der Waals surface area contributed by atoms with E-state index in [1.54, 1.807) is 13.8 Å². The topological polar surface area (TPSA) is 54.9 Å². The summed E-state index contributed by atoms with van der Waals surface area (Å²) in [6.45, 7) is 3.51. The molecule has 0 saturated carbocycles. The molecule has 0 aliphatic heterocycles. The number of benzene rings is 1. The van der Waals surface area contributed by atoms with Crippen molar-refractivity contribution >= 4 is 11.6 Å². The van der Waals surface area contributed by atoms with Crippen molar-refractivity contribution in [2.24, 2.45) is 0 Å². The number of nitrogens with zero attached hydrogens (tertiary/aromatic N) is 2. The average Bonchev–Trinajstić information content (AvgIpc) is 2.33. The van der Waals surface area contributed by atoms with E-state index in [1.165, 1.54) is 30.6 Å². The minimum Gasteiger partial charge on any atom is -0.320 e. The second kappa shape index (κ2) is 4.91. The zero-order valence-electron chi connectivity index (χ0n) is 10.1. The van der Waals surface area contributed by atoms with Crippen molar-refractivity contribution < 1.29 is 9.18 Å². The molecule has 0 bridgehead atoms. The Morgan fingerprint density at radius 1 is 1.22 bits per heavy atom. The molecule has 0 atom stereocenters. The predicted molar refractivity (Wildman–Crippen MR) is 65.9 cm³/mol. The first-order chi connectivity index (χ1) is 8.56. The van der Waals surface area contributed by atoms with Crippen LogP contribution >= 0.6 is 0 Å². The maximum Gasteiger partial charge on any atom is 0.275 e. The van der Waals surface area contributed by atoms with Crippen LogP contribution in [0.15, 0.2) is 30.6 Å². The van der Waals surface area contributed by atoms with Crippen LogP contribution < -0.4 is 5.32 Å². The zero-order chi connectivity index (χ0) is 13.1. The number of carbonyl (C=O) groups is 1. The molecule has 0 saturated heterocycles. The first-order valence-corrected chi connectivity index (χ1v) is 5.42. The number of amides is 1. The highest BCUT2D eigenvalue weighted by Gasteiger charge is 2.09. The van der Waals surface area contributed by atoms with Gasteiger partial charge in [-0.05, 0) is 37.6 Å². The number of rotatable bonds is 2. The van der Waals surface area contributed by atoms with E-state index >= 15 is 0 Å². The third-order valence-electron chi connectivity index (χ3n) is 2.45. The maximum atomic E-state index is 12.9. The van der Waals surface area contributed by atoms with Crippen molar-refractivity contribution in [2.45, 2.75) is 13.8 Å². The second-order valence-corrected chi connectivity index (χ2v) is 3.96. The number of anilines is 1. The van der Waals surface area contributed by atoms with Gasteiger partial charge in [-0.1, -0.05) is 0 Å². The molecule has 92 valence electrons. The molecule has 0 spiro atoms. The van der Waals surface area contributed by atoms with Gasteiger partial charge < -0.3 is 5.32 Å². The Morgan fingerprint density at radius 3 is 2.61 bits per heavy atom. The summed E-state index contributed by atoms with van der Waals surface area (Å²) >= 11 is 0. The van der Waals surface area contributed by atoms with E-state index in [9.17, 15) is 9.18 Å². The van der Waals surface area contributed by atoms with E-state index in [2.05, 4.69) is 15.3 Å². The van der Waals surface area contributed by atoms with Crippen molar-refractivity contribution in [3.8, 4) is 0 Å². The highest BCUT2D eigenvalue weighted by atomic mass is 19.1. The smallest absolute Gasteiger partial charge is 0.275 e. The van der Waals surface area contributed by atoms with Crippen molar-refractivity contribution in [3.63, 3.8) is 0 Å². The van der Waals surface area contributed by atoms with Gasteiger partial charge in [0.05, 0.1) is 11.9 Å². The summed E-state index contributed by atoms with van der Waals surface area (Å²) in [5.41, 5.74) is 2.18. The molecule has 2 aromatic rings. The van der Waals surface area contributed by atoms with Crippen molar-refractivity contribution in [1.82, 2.24) is 9.97 Å². The van der Waals surface area contributed by atoms with Gasteiger partial charge in [0.25, 0.3) is 5.91 Å². The molecule has 0 unspecified atom stereocenters. The predicted octanol–water partition coefficient (Wildman–Crippen LogP) is 2.48. The van der Waals surface area contributed by atoms with Gasteiger partial charge in [0, 0.05) is 11.9 Å². The van der Waals surface area contributed by atoms with Crippen LogP contribution in [0.25, 0.3) is 0 Å². The third kappa shape index (κ3) is 2.68. The summed E-state index contributed by atoms with van der Waals surface area (Å²) in [7, 11) is 0. The molecule has 0 radical (unpaired) electrons. The number of carbonyl (C=O) groups excluding carboxylic acids is 1. The lowest BCUT2D eigenvalue weighted by molar-refractivity contribution is 0.102. The minimum atomic E-state index is -0.364. The number of aromatic nitrogens is 2. The third-order valence-corrected chi connectivity index (χ3v) is 2.45. The Kier molecular flexibility index (Phi) is 3.32. The number of nitrogens with one attached hydrogen (secondary N) is 1. The van der Waals surface area contributed by atoms with E-state index in [0.717, 1.165) is 5.69 Å². The van der Waals surface area contributed by atoms with Gasteiger partial charge in [-0.15, -0.1) is 0 Å². The van der Waals surface area contributed by atoms with Crippen molar-refractivity contribution in [3.05, 3.63) is 53.4 Å². The number of halogens is 1. The standard InChI is InChI=1S/C13H12FN3O/c1-8-5-10(14)3-4-11(8)17-13(18)12-7-15-9(2)6-16-12/h3-7H,1-2H3,(H,17,18). The fraction of sp³-hybridized carbons (Fsp3) is 0.154. The quantitative estimate of drug-likeness (QED) is 0.884. The van der Waals surface area contributed by atoms with Gasteiger partial charge in [-0.2, -0.15) is 0 Å². The van der Waals surface area contributed by atoms with Gasteiger partial charge >= 0.3 is 0 Å². The molecule has 0 aliphatic rings. The monoisotopic (exact) mass is 245 g/mol. The first-order valence-electron chi connectivity index (χ1n) is 5.42. The lowest BCUT2D eigenvalue weighted by Gasteiger charge is -2.07. The van der Waals surface area contributed by atoms with Crippen LogP contribution in [0.5, 0.6) is 0 Å². The lowest BCUT2D eigenvalue weighted by Crippen LogP contribution is -2.14. The van der Waals surface area contributed by atoms with Crippen LogP contribution in [0.2, 0.25) is 0 Å². The van der Waals surface area contributed by atoms with E-state index in [4.69, 9.17) is 0 Å². The number of hydrogen-bond acceptors (Lipinski definition) is 3. The summed E-state index contributed by atoms with van der Waals surface area (Å²) in [5, 5.41) is 2.67. The molecular weight excluding hydrogens is 233 g/mol. The Morgan fingerprint density at radius 2 is 2.00 bits per heavy atom. The van der Waals surface area contributed by atoms with Gasteiger partial charge in [-0.25, -0.2) is 9.37 Å². The fourth-order valence-corrected chi connectivity index (χ4v) is 1.46. The molecule has 2 rings (SSSR count). The molecule has 4 nitrogen and oxygen atoms in total. The molecule has 5 heteroatoms. The SMILES string of the molecule is Cc1cnc(C(=O)Nc2ccc(F)cc2C)cn1. The molecule has 1 aromatic heterocycles. The van der Waals surface area contributed by atoms with Gasteiger partial charge in [0.15, 0.2) is 0 Å². The second-order valence-electron chi connectivity index (χ2n) is 3.96. The molecule has 1 aromatic carbocycles. The van der Waals surface area contributed by atoms with Crippen LogP contribution in [-0.4, -0.2) is 15.9 Å². The minimum absolute atomic E-state index is 0.226. The molecule has 1 heterocycles. The van der Waals surface area contributed by atoms with Crippen LogP contribution in [0.3, 0.4) is 0 Å². The molecular formula is C13H12FN3O. The summed E-state index contributed by atoms with van der Waals surface area (Å²) < 4.78 is 12.9. The molecule has 0 aliphatic carbocycles. The molecule has 18 heavy (non-hydrogen) atoms. The lowest BCUT2D eigenvalue weighted by atomic mass is 10.2. The first kappa shape index (κ1) is 12.2. The summed E-state index contributed by atoms with van der Waals surface area (Å²) in [4.78, 5) is 19.8. The molecule has 0 fully saturated rings. The highest BCUT2D eigenvalue weighted by molar-refractivity contribution is 6.03. The van der Waals surface area contributed by atoms with Gasteiger partial charge in [0.1, 0.15) is 11.5 Å². The van der Waals surface area contributed by atoms with Crippen LogP contribution in [-0.2, 0) is 0 Å². The number of hydrogen-bond donors (Lipinski definition) is 1. The zero-order valence-corrected chi connectivity index (χ0v) is 10.1. The Bertz CT molecular complexity index is 581. The Hall–Kier alpha value is -2.30. The number of aryl methyl sites for hydroxylation is 2. The fourth-order valence-electron chi connectivity index (χ4n) is 1.46. The van der Waals surface area contributed by atoms with Crippen LogP contribution in [0.1, 0.15) is 21.7 Å². The average molecular weight is 245 g/mol. The van der Waals surface area contributed by atoms with E-state index in [1.807, 2.05) is 0 Å².